The van der Waals surface area contributed by atoms with Crippen LogP contribution in [0.25, 0.3) is 32.7 Å². The van der Waals surface area contributed by atoms with Crippen molar-refractivity contribution < 1.29 is 30.5 Å². The van der Waals surface area contributed by atoms with Crippen LogP contribution in [0, 0.1) is 0 Å². The molecule has 0 atom stereocenters. The summed E-state index contributed by atoms with van der Waals surface area (Å²) in [5, 5.41) is 2.12. The SMILES string of the molecule is CCOS(=O)(=O)c1ccc2ccccc2c1-c1c(OC)ccc2cc(C(F)(F)F)ccc12. The molecule has 0 bridgehead atoms. The van der Waals surface area contributed by atoms with Crippen molar-refractivity contribution in [2.75, 3.05) is 13.7 Å². The van der Waals surface area contributed by atoms with E-state index < -0.39 is 21.9 Å². The van der Waals surface area contributed by atoms with Crippen LogP contribution in [-0.4, -0.2) is 22.1 Å². The summed E-state index contributed by atoms with van der Waals surface area (Å²) in [4.78, 5) is -0.0799. The van der Waals surface area contributed by atoms with E-state index in [-0.39, 0.29) is 11.5 Å². The highest BCUT2D eigenvalue weighted by Gasteiger charge is 2.31. The standard InChI is InChI=1S/C24H19F3O4S/c1-3-31-32(28,29)21-13-9-15-6-4-5-7-18(15)23(21)22-19-11-10-17(24(25,26)27)14-16(19)8-12-20(22)30-2/h4-14H,3H2,1-2H3. The molecular formula is C24H19F3O4S. The first kappa shape index (κ1) is 22.1. The number of methoxy groups -OCH3 is 1. The summed E-state index contributed by atoms with van der Waals surface area (Å²) in [5.41, 5.74) is -0.0891. The highest BCUT2D eigenvalue weighted by atomic mass is 32.2. The molecule has 0 saturated carbocycles. The maximum Gasteiger partial charge on any atom is 0.416 e. The van der Waals surface area contributed by atoms with Crippen molar-refractivity contribution in [3.63, 3.8) is 0 Å². The van der Waals surface area contributed by atoms with Gasteiger partial charge in [0, 0.05) is 11.1 Å². The van der Waals surface area contributed by atoms with Crippen LogP contribution >= 0.6 is 0 Å². The van der Waals surface area contributed by atoms with Crippen molar-refractivity contribution in [3.8, 4) is 16.9 Å². The molecule has 8 heteroatoms. The third-order valence-electron chi connectivity index (χ3n) is 5.21. The van der Waals surface area contributed by atoms with Crippen molar-refractivity contribution in [1.82, 2.24) is 0 Å². The number of alkyl halides is 3. The molecule has 32 heavy (non-hydrogen) atoms. The topological polar surface area (TPSA) is 52.6 Å². The molecule has 0 aliphatic rings. The summed E-state index contributed by atoms with van der Waals surface area (Å²) < 4.78 is 76.4. The Labute approximate surface area is 183 Å². The molecule has 0 heterocycles. The van der Waals surface area contributed by atoms with Crippen molar-refractivity contribution in [3.05, 3.63) is 72.3 Å². The van der Waals surface area contributed by atoms with Gasteiger partial charge in [-0.3, -0.25) is 4.18 Å². The van der Waals surface area contributed by atoms with Crippen molar-refractivity contribution in [2.45, 2.75) is 18.0 Å². The Morgan fingerprint density at radius 1 is 0.844 bits per heavy atom. The Morgan fingerprint density at radius 2 is 1.53 bits per heavy atom. The fourth-order valence-electron chi connectivity index (χ4n) is 3.85. The molecule has 0 radical (unpaired) electrons. The van der Waals surface area contributed by atoms with Gasteiger partial charge in [0.2, 0.25) is 0 Å². The molecule has 0 aliphatic carbocycles. The zero-order chi connectivity index (χ0) is 23.1. The summed E-state index contributed by atoms with van der Waals surface area (Å²) in [6.45, 7) is 1.51. The molecule has 4 rings (SSSR count). The number of ether oxygens (including phenoxy) is 1. The van der Waals surface area contributed by atoms with Crippen LogP contribution in [0.3, 0.4) is 0 Å². The normalized spacial score (nSPS) is 12.4. The molecule has 0 spiro atoms. The van der Waals surface area contributed by atoms with Crippen LogP contribution in [0.5, 0.6) is 5.75 Å². The summed E-state index contributed by atoms with van der Waals surface area (Å²) in [7, 11) is -2.71. The van der Waals surface area contributed by atoms with Crippen molar-refractivity contribution in [1.29, 1.82) is 0 Å². The molecule has 0 saturated heterocycles. The van der Waals surface area contributed by atoms with Gasteiger partial charge in [-0.15, -0.1) is 0 Å². The van der Waals surface area contributed by atoms with Crippen molar-refractivity contribution >= 4 is 31.7 Å². The lowest BCUT2D eigenvalue weighted by molar-refractivity contribution is -0.137. The van der Waals surface area contributed by atoms with Crippen LogP contribution in [-0.2, 0) is 20.5 Å². The first-order valence-corrected chi connectivity index (χ1v) is 11.2. The van der Waals surface area contributed by atoms with E-state index >= 15 is 0 Å². The van der Waals surface area contributed by atoms with Gasteiger partial charge >= 0.3 is 6.18 Å². The van der Waals surface area contributed by atoms with E-state index in [1.807, 2.05) is 12.1 Å². The second kappa shape index (κ2) is 8.11. The van der Waals surface area contributed by atoms with E-state index in [1.165, 1.54) is 31.4 Å². The van der Waals surface area contributed by atoms with E-state index in [9.17, 15) is 21.6 Å². The van der Waals surface area contributed by atoms with Crippen LogP contribution in [0.15, 0.2) is 71.6 Å². The summed E-state index contributed by atoms with van der Waals surface area (Å²) in [6, 6.07) is 16.7. The molecule has 4 aromatic carbocycles. The van der Waals surface area contributed by atoms with Crippen LogP contribution < -0.4 is 4.74 Å². The monoisotopic (exact) mass is 460 g/mol. The molecule has 0 fully saturated rings. The van der Waals surface area contributed by atoms with Gasteiger partial charge in [0.05, 0.1) is 19.3 Å². The molecule has 0 N–H and O–H groups in total. The minimum atomic E-state index is -4.50. The zero-order valence-electron chi connectivity index (χ0n) is 17.2. The van der Waals surface area contributed by atoms with Gasteiger partial charge in [-0.1, -0.05) is 42.5 Å². The van der Waals surface area contributed by atoms with E-state index in [0.717, 1.165) is 17.5 Å². The fraction of sp³-hybridized carbons (Fsp3) is 0.167. The van der Waals surface area contributed by atoms with Gasteiger partial charge in [0.15, 0.2) is 0 Å². The van der Waals surface area contributed by atoms with Gasteiger partial charge in [-0.05, 0) is 52.7 Å². The molecule has 0 aliphatic heterocycles. The molecular weight excluding hydrogens is 441 g/mol. The molecule has 4 nitrogen and oxygen atoms in total. The quantitative estimate of drug-likeness (QED) is 0.323. The van der Waals surface area contributed by atoms with Crippen molar-refractivity contribution in [2.24, 2.45) is 0 Å². The number of halogens is 3. The maximum atomic E-state index is 13.3. The lowest BCUT2D eigenvalue weighted by Gasteiger charge is -2.19. The predicted octanol–water partition coefficient (Wildman–Crippen LogP) is 6.41. The second-order valence-corrected chi connectivity index (χ2v) is 8.68. The van der Waals surface area contributed by atoms with Crippen LogP contribution in [0.2, 0.25) is 0 Å². The number of benzene rings is 4. The van der Waals surface area contributed by atoms with Gasteiger partial charge < -0.3 is 4.74 Å². The zero-order valence-corrected chi connectivity index (χ0v) is 18.0. The maximum absolute atomic E-state index is 13.3. The molecule has 0 aromatic heterocycles. The lowest BCUT2D eigenvalue weighted by Crippen LogP contribution is -2.08. The molecule has 4 aromatic rings. The predicted molar refractivity (Wildman–Crippen MR) is 117 cm³/mol. The van der Waals surface area contributed by atoms with E-state index in [1.54, 1.807) is 25.1 Å². The third kappa shape index (κ3) is 3.80. The summed E-state index contributed by atoms with van der Waals surface area (Å²) >= 11 is 0. The van der Waals surface area contributed by atoms with Gasteiger partial charge in [-0.25, -0.2) is 0 Å². The lowest BCUT2D eigenvalue weighted by atomic mass is 9.92. The number of rotatable bonds is 5. The average Bonchev–Trinajstić information content (AvgIpc) is 2.76. The van der Waals surface area contributed by atoms with Crippen LogP contribution in [0.4, 0.5) is 13.2 Å². The summed E-state index contributed by atoms with van der Waals surface area (Å²) in [5.74, 6) is 0.335. The van der Waals surface area contributed by atoms with E-state index in [2.05, 4.69) is 0 Å². The smallest absolute Gasteiger partial charge is 0.416 e. The Morgan fingerprint density at radius 3 is 2.22 bits per heavy atom. The Balaban J connectivity index is 2.17. The third-order valence-corrected chi connectivity index (χ3v) is 6.64. The second-order valence-electron chi connectivity index (χ2n) is 7.10. The minimum absolute atomic E-state index is 0.0593. The first-order chi connectivity index (χ1) is 15.2. The number of fused-ring (bicyclic) bond motifs is 2. The molecule has 0 unspecified atom stereocenters. The summed E-state index contributed by atoms with van der Waals surface area (Å²) in [6.07, 6.45) is -4.50. The highest BCUT2D eigenvalue weighted by molar-refractivity contribution is 7.87. The molecule has 0 amide bonds. The van der Waals surface area contributed by atoms with E-state index in [0.29, 0.717) is 33.0 Å². The highest BCUT2D eigenvalue weighted by Crippen LogP contribution is 2.45. The van der Waals surface area contributed by atoms with Gasteiger partial charge in [-0.2, -0.15) is 21.6 Å². The Hall–Kier alpha value is -3.10. The Kier molecular flexibility index (Phi) is 5.60. The first-order valence-electron chi connectivity index (χ1n) is 9.77. The minimum Gasteiger partial charge on any atom is -0.496 e. The molecule has 166 valence electrons. The largest absolute Gasteiger partial charge is 0.496 e. The number of hydrogen-bond donors (Lipinski definition) is 0. The van der Waals surface area contributed by atoms with Crippen LogP contribution in [0.1, 0.15) is 12.5 Å². The van der Waals surface area contributed by atoms with E-state index in [4.69, 9.17) is 8.92 Å². The number of hydrogen-bond acceptors (Lipinski definition) is 4. The fourth-order valence-corrected chi connectivity index (χ4v) is 4.98. The Bertz CT molecular complexity index is 1430. The van der Waals surface area contributed by atoms with Gasteiger partial charge in [0.25, 0.3) is 10.1 Å². The van der Waals surface area contributed by atoms with Gasteiger partial charge in [0.1, 0.15) is 10.6 Å². The average molecular weight is 460 g/mol.